The number of nitrogens with zero attached hydrogens (tertiary/aromatic N) is 4. The number of fused-ring (bicyclic) bond motifs is 1. The predicted molar refractivity (Wildman–Crippen MR) is 93.8 cm³/mol. The van der Waals surface area contributed by atoms with Crippen molar-refractivity contribution >= 4 is 45.1 Å². The Hall–Kier alpha value is -2.78. The molecule has 0 unspecified atom stereocenters. The van der Waals surface area contributed by atoms with Gasteiger partial charge in [0.15, 0.2) is 0 Å². The fourth-order valence-corrected chi connectivity index (χ4v) is 3.32. The van der Waals surface area contributed by atoms with Crippen molar-refractivity contribution in [2.24, 2.45) is 5.10 Å². The van der Waals surface area contributed by atoms with Crippen molar-refractivity contribution in [3.8, 4) is 5.75 Å². The Kier molecular flexibility index (Phi) is 4.51. The SMILES string of the molecule is CCc1cc2c(=O)n(/N=C\c3cc(Cl)cc([N+](=O)[O-])c3[O-])cnc2s1. The van der Waals surface area contributed by atoms with E-state index < -0.39 is 16.4 Å². The first-order chi connectivity index (χ1) is 11.9. The highest BCUT2D eigenvalue weighted by Crippen LogP contribution is 2.30. The molecule has 3 aromatic rings. The molecular formula is C15H10ClN4O4S-. The summed E-state index contributed by atoms with van der Waals surface area (Å²) in [5.74, 6) is -0.830. The standard InChI is InChI=1S/C15H11ClN4O4S/c1-2-10-5-11-14(25-10)17-7-19(15(11)22)18-6-8-3-9(16)4-12(13(8)21)20(23)24/h3-7,21H,2H2,1H3/p-1/b18-6-. The molecule has 0 saturated heterocycles. The molecule has 0 atom stereocenters. The van der Waals surface area contributed by atoms with Crippen LogP contribution >= 0.6 is 22.9 Å². The molecule has 2 aromatic heterocycles. The van der Waals surface area contributed by atoms with E-state index in [-0.39, 0.29) is 16.1 Å². The van der Waals surface area contributed by atoms with Crippen LogP contribution in [0.3, 0.4) is 0 Å². The second kappa shape index (κ2) is 6.61. The molecule has 2 heterocycles. The molecule has 1 aromatic carbocycles. The maximum Gasteiger partial charge on any atom is 0.282 e. The van der Waals surface area contributed by atoms with Crippen molar-refractivity contribution in [1.29, 1.82) is 0 Å². The summed E-state index contributed by atoms with van der Waals surface area (Å²) < 4.78 is 0.973. The van der Waals surface area contributed by atoms with Crippen LogP contribution in [0, 0.1) is 10.1 Å². The quantitative estimate of drug-likeness (QED) is 0.393. The molecule has 8 nitrogen and oxygen atoms in total. The lowest BCUT2D eigenvalue weighted by Gasteiger charge is -2.10. The number of halogens is 1. The van der Waals surface area contributed by atoms with Gasteiger partial charge in [0.2, 0.25) is 0 Å². The van der Waals surface area contributed by atoms with Gasteiger partial charge in [-0.1, -0.05) is 18.5 Å². The van der Waals surface area contributed by atoms with Gasteiger partial charge in [-0.25, -0.2) is 4.98 Å². The lowest BCUT2D eigenvalue weighted by molar-refractivity contribution is -0.398. The third kappa shape index (κ3) is 3.24. The molecule has 3 rings (SSSR count). The van der Waals surface area contributed by atoms with E-state index in [1.165, 1.54) is 23.7 Å². The molecule has 128 valence electrons. The molecular weight excluding hydrogens is 368 g/mol. The number of nitro benzene ring substituents is 1. The van der Waals surface area contributed by atoms with Gasteiger partial charge < -0.3 is 5.11 Å². The predicted octanol–water partition coefficient (Wildman–Crippen LogP) is 2.54. The zero-order valence-electron chi connectivity index (χ0n) is 12.8. The number of aromatic nitrogens is 2. The summed E-state index contributed by atoms with van der Waals surface area (Å²) in [6.45, 7) is 1.98. The largest absolute Gasteiger partial charge is 0.867 e. The number of benzene rings is 1. The zero-order valence-corrected chi connectivity index (χ0v) is 14.4. The van der Waals surface area contributed by atoms with E-state index in [1.807, 2.05) is 6.92 Å². The molecule has 0 N–H and O–H groups in total. The second-order valence-corrected chi connectivity index (χ2v) is 6.58. The molecule has 0 spiro atoms. The number of rotatable bonds is 4. The molecule has 0 amide bonds. The summed E-state index contributed by atoms with van der Waals surface area (Å²) in [7, 11) is 0. The van der Waals surface area contributed by atoms with Crippen molar-refractivity contribution in [1.82, 2.24) is 9.66 Å². The monoisotopic (exact) mass is 377 g/mol. The molecule has 0 fully saturated rings. The minimum absolute atomic E-state index is 0.0269. The maximum absolute atomic E-state index is 12.4. The van der Waals surface area contributed by atoms with Crippen LogP contribution in [0.1, 0.15) is 17.4 Å². The normalized spacial score (nSPS) is 11.4. The first kappa shape index (κ1) is 17.1. The number of nitro groups is 1. The topological polar surface area (TPSA) is 113 Å². The van der Waals surface area contributed by atoms with E-state index in [9.17, 15) is 20.0 Å². The van der Waals surface area contributed by atoms with Crippen LogP contribution in [-0.2, 0) is 6.42 Å². The molecule has 0 radical (unpaired) electrons. The average Bonchev–Trinajstić information content (AvgIpc) is 3.00. The Morgan fingerprint density at radius 1 is 1.44 bits per heavy atom. The second-order valence-electron chi connectivity index (χ2n) is 5.02. The summed E-state index contributed by atoms with van der Waals surface area (Å²) in [4.78, 5) is 28.3. The molecule has 0 aliphatic carbocycles. The lowest BCUT2D eigenvalue weighted by atomic mass is 10.2. The summed E-state index contributed by atoms with van der Waals surface area (Å²) in [5, 5.41) is 27.3. The molecule has 0 aliphatic heterocycles. The number of hydrogen-bond acceptors (Lipinski definition) is 7. The van der Waals surface area contributed by atoms with E-state index >= 15 is 0 Å². The van der Waals surface area contributed by atoms with E-state index in [4.69, 9.17) is 11.6 Å². The van der Waals surface area contributed by atoms with E-state index in [2.05, 4.69) is 10.1 Å². The highest BCUT2D eigenvalue weighted by molar-refractivity contribution is 7.18. The van der Waals surface area contributed by atoms with Crippen molar-refractivity contribution in [2.75, 3.05) is 0 Å². The van der Waals surface area contributed by atoms with E-state index in [0.29, 0.717) is 10.2 Å². The van der Waals surface area contributed by atoms with E-state index in [1.54, 1.807) is 6.07 Å². The Bertz CT molecular complexity index is 1070. The highest BCUT2D eigenvalue weighted by atomic mass is 35.5. The van der Waals surface area contributed by atoms with Gasteiger partial charge in [0.05, 0.1) is 16.5 Å². The van der Waals surface area contributed by atoms with Gasteiger partial charge in [-0.2, -0.15) is 9.78 Å². The van der Waals surface area contributed by atoms with Crippen LogP contribution in [0.4, 0.5) is 5.69 Å². The van der Waals surface area contributed by atoms with Crippen LogP contribution in [0.5, 0.6) is 5.75 Å². The van der Waals surface area contributed by atoms with Crippen molar-refractivity contribution in [3.63, 3.8) is 0 Å². The first-order valence-corrected chi connectivity index (χ1v) is 8.29. The molecule has 10 heteroatoms. The van der Waals surface area contributed by atoms with Crippen molar-refractivity contribution < 1.29 is 10.0 Å². The van der Waals surface area contributed by atoms with Gasteiger partial charge in [-0.3, -0.25) is 14.9 Å². The molecule has 0 bridgehead atoms. The fraction of sp³-hybridized carbons (Fsp3) is 0.133. The van der Waals surface area contributed by atoms with Gasteiger partial charge in [-0.15, -0.1) is 11.3 Å². The van der Waals surface area contributed by atoms with Crippen LogP contribution in [0.2, 0.25) is 5.02 Å². The third-order valence-electron chi connectivity index (χ3n) is 3.42. The summed E-state index contributed by atoms with van der Waals surface area (Å²) in [6, 6.07) is 3.97. The van der Waals surface area contributed by atoms with Crippen LogP contribution in [0.15, 0.2) is 34.4 Å². The summed E-state index contributed by atoms with van der Waals surface area (Å²) >= 11 is 7.22. The summed E-state index contributed by atoms with van der Waals surface area (Å²) in [5.41, 5.74) is -1.13. The third-order valence-corrected chi connectivity index (χ3v) is 4.82. The van der Waals surface area contributed by atoms with Gasteiger partial charge in [0.25, 0.3) is 11.2 Å². The molecule has 0 saturated carbocycles. The number of hydrogen-bond donors (Lipinski definition) is 0. The van der Waals surface area contributed by atoms with Crippen molar-refractivity contribution in [3.05, 3.63) is 60.5 Å². The Morgan fingerprint density at radius 3 is 2.88 bits per heavy atom. The van der Waals surface area contributed by atoms with Gasteiger partial charge in [0, 0.05) is 16.0 Å². The minimum atomic E-state index is -0.830. The fourth-order valence-electron chi connectivity index (χ4n) is 2.18. The smallest absolute Gasteiger partial charge is 0.282 e. The van der Waals surface area contributed by atoms with Gasteiger partial charge in [0.1, 0.15) is 11.2 Å². The first-order valence-electron chi connectivity index (χ1n) is 7.10. The number of thiophene rings is 1. The van der Waals surface area contributed by atoms with Crippen LogP contribution < -0.4 is 10.7 Å². The Labute approximate surface area is 149 Å². The van der Waals surface area contributed by atoms with Crippen LogP contribution in [0.25, 0.3) is 10.2 Å². The maximum atomic E-state index is 12.4. The number of aryl methyl sites for hydroxylation is 1. The Morgan fingerprint density at radius 2 is 2.20 bits per heavy atom. The van der Waals surface area contributed by atoms with Gasteiger partial charge in [-0.05, 0) is 29.9 Å². The molecule has 0 aliphatic rings. The highest BCUT2D eigenvalue weighted by Gasteiger charge is 2.12. The zero-order chi connectivity index (χ0) is 18.1. The Balaban J connectivity index is 2.06. The van der Waals surface area contributed by atoms with E-state index in [0.717, 1.165) is 28.3 Å². The average molecular weight is 378 g/mol. The van der Waals surface area contributed by atoms with Crippen LogP contribution in [-0.4, -0.2) is 20.8 Å². The van der Waals surface area contributed by atoms with Gasteiger partial charge >= 0.3 is 0 Å². The lowest BCUT2D eigenvalue weighted by Crippen LogP contribution is -2.16. The van der Waals surface area contributed by atoms with Crippen molar-refractivity contribution in [2.45, 2.75) is 13.3 Å². The minimum Gasteiger partial charge on any atom is -0.867 e. The summed E-state index contributed by atoms with van der Waals surface area (Å²) in [6.07, 6.45) is 3.08. The molecule has 25 heavy (non-hydrogen) atoms.